The maximum atomic E-state index is 13.8. The van der Waals surface area contributed by atoms with Crippen LogP contribution in [0, 0.1) is 12.8 Å². The number of carbonyl (C=O) groups is 1. The minimum absolute atomic E-state index is 0.0715. The summed E-state index contributed by atoms with van der Waals surface area (Å²) in [4.78, 5) is 16.1. The molecule has 1 aliphatic rings. The summed E-state index contributed by atoms with van der Waals surface area (Å²) in [5.41, 5.74) is 3.13. The second-order valence-electron chi connectivity index (χ2n) is 9.18. The predicted molar refractivity (Wildman–Crippen MR) is 134 cm³/mol. The molecule has 9 heteroatoms. The fraction of sp³-hybridized carbons (Fsp3) is 0.480. The van der Waals surface area contributed by atoms with Gasteiger partial charge in [0.15, 0.2) is 0 Å². The fourth-order valence-corrected chi connectivity index (χ4v) is 5.82. The van der Waals surface area contributed by atoms with E-state index in [0.29, 0.717) is 48.7 Å². The molecule has 0 bridgehead atoms. The normalized spacial score (nSPS) is 14.4. The summed E-state index contributed by atoms with van der Waals surface area (Å²) in [5, 5.41) is 10.0. The Morgan fingerprint density at radius 2 is 1.79 bits per heavy atom. The van der Waals surface area contributed by atoms with Gasteiger partial charge in [0.25, 0.3) is 15.9 Å². The molecule has 2 aromatic carbocycles. The third-order valence-electron chi connectivity index (χ3n) is 5.81. The lowest BCUT2D eigenvalue weighted by Gasteiger charge is -2.31. The number of anilines is 2. The van der Waals surface area contributed by atoms with E-state index in [0.717, 1.165) is 5.69 Å². The van der Waals surface area contributed by atoms with Crippen LogP contribution in [-0.4, -0.2) is 71.3 Å². The average molecular weight is 490 g/mol. The van der Waals surface area contributed by atoms with Gasteiger partial charge in [0.1, 0.15) is 0 Å². The zero-order valence-electron chi connectivity index (χ0n) is 20.6. The Balaban J connectivity index is 2.03. The third-order valence-corrected chi connectivity index (χ3v) is 7.59. The molecule has 1 amide bonds. The lowest BCUT2D eigenvalue weighted by molar-refractivity contribution is 0.0827. The van der Waals surface area contributed by atoms with Crippen molar-refractivity contribution in [1.29, 1.82) is 0 Å². The molecule has 34 heavy (non-hydrogen) atoms. The maximum absolute atomic E-state index is 13.8. The number of morpholine rings is 1. The zero-order valence-corrected chi connectivity index (χ0v) is 21.4. The number of sulfonamides is 1. The molecule has 0 unspecified atom stereocenters. The molecule has 1 fully saturated rings. The van der Waals surface area contributed by atoms with Crippen molar-refractivity contribution in [1.82, 2.24) is 4.90 Å². The van der Waals surface area contributed by atoms with Gasteiger partial charge in [-0.3, -0.25) is 9.10 Å². The Morgan fingerprint density at radius 1 is 1.12 bits per heavy atom. The summed E-state index contributed by atoms with van der Waals surface area (Å²) in [6.45, 7) is 8.32. The van der Waals surface area contributed by atoms with Crippen molar-refractivity contribution in [2.75, 3.05) is 56.1 Å². The summed E-state index contributed by atoms with van der Waals surface area (Å²) in [6.07, 6.45) is 0. The van der Waals surface area contributed by atoms with Crippen molar-refractivity contribution in [3.8, 4) is 0 Å². The van der Waals surface area contributed by atoms with Crippen LogP contribution in [0.3, 0.4) is 0 Å². The van der Waals surface area contributed by atoms with E-state index in [1.165, 1.54) is 9.21 Å². The number of hydrogen-bond donors (Lipinski definition) is 1. The van der Waals surface area contributed by atoms with Crippen LogP contribution < -0.4 is 9.21 Å². The summed E-state index contributed by atoms with van der Waals surface area (Å²) >= 11 is 0. The number of aryl methyl sites for hydroxylation is 1. The Morgan fingerprint density at radius 3 is 2.35 bits per heavy atom. The van der Waals surface area contributed by atoms with Crippen LogP contribution in [0.15, 0.2) is 41.3 Å². The van der Waals surface area contributed by atoms with Crippen LogP contribution in [-0.2, 0) is 21.4 Å². The van der Waals surface area contributed by atoms with Gasteiger partial charge in [-0.15, -0.1) is 0 Å². The summed E-state index contributed by atoms with van der Waals surface area (Å²) in [7, 11) is -0.556. The number of amides is 1. The predicted octanol–water partition coefficient (Wildman–Crippen LogP) is 2.88. The molecule has 186 valence electrons. The van der Waals surface area contributed by atoms with E-state index in [1.807, 2.05) is 20.8 Å². The molecule has 0 aromatic heterocycles. The van der Waals surface area contributed by atoms with Gasteiger partial charge in [-0.05, 0) is 54.8 Å². The molecule has 1 heterocycles. The Kier molecular flexibility index (Phi) is 8.22. The standard InChI is InChI=1S/C25H35N3O5S/c1-18(2)16-28(23-8-6-20(14-19(23)3)25(30)26(4)5)34(31,32)22-7-9-24(21(15-22)17-29)27-10-12-33-13-11-27/h6-9,14-15,18,29H,10-13,16-17H2,1-5H3. The van der Waals surface area contributed by atoms with E-state index in [1.54, 1.807) is 50.5 Å². The number of ether oxygens (including phenoxy) is 1. The topological polar surface area (TPSA) is 90.4 Å². The minimum atomic E-state index is -3.92. The van der Waals surface area contributed by atoms with Gasteiger partial charge in [0.2, 0.25) is 0 Å². The molecule has 0 spiro atoms. The van der Waals surface area contributed by atoms with Gasteiger partial charge in [0, 0.05) is 50.5 Å². The number of rotatable bonds is 8. The van der Waals surface area contributed by atoms with Crippen LogP contribution >= 0.6 is 0 Å². The van der Waals surface area contributed by atoms with Crippen LogP contribution in [0.4, 0.5) is 11.4 Å². The van der Waals surface area contributed by atoms with E-state index in [2.05, 4.69) is 4.90 Å². The van der Waals surface area contributed by atoms with Gasteiger partial charge in [-0.2, -0.15) is 0 Å². The molecule has 0 aliphatic carbocycles. The summed E-state index contributed by atoms with van der Waals surface area (Å²) in [5.74, 6) is -0.0681. The summed E-state index contributed by atoms with van der Waals surface area (Å²) in [6, 6.07) is 10.0. The lowest BCUT2D eigenvalue weighted by atomic mass is 10.1. The molecule has 0 atom stereocenters. The minimum Gasteiger partial charge on any atom is -0.392 e. The third kappa shape index (κ3) is 5.54. The lowest BCUT2D eigenvalue weighted by Crippen LogP contribution is -2.37. The van der Waals surface area contributed by atoms with Gasteiger partial charge in [0.05, 0.1) is 30.4 Å². The molecule has 1 saturated heterocycles. The molecule has 8 nitrogen and oxygen atoms in total. The van der Waals surface area contributed by atoms with Gasteiger partial charge >= 0.3 is 0 Å². The quantitative estimate of drug-likeness (QED) is 0.613. The molecule has 0 radical (unpaired) electrons. The number of hydrogen-bond acceptors (Lipinski definition) is 6. The molecule has 1 N–H and O–H groups in total. The molecule has 2 aromatic rings. The Bertz CT molecular complexity index is 1130. The molecular formula is C25H35N3O5S. The first kappa shape index (κ1) is 26.0. The van der Waals surface area contributed by atoms with E-state index in [9.17, 15) is 18.3 Å². The highest BCUT2D eigenvalue weighted by Gasteiger charge is 2.28. The van der Waals surface area contributed by atoms with Crippen molar-refractivity contribution in [3.05, 3.63) is 53.1 Å². The monoisotopic (exact) mass is 489 g/mol. The number of nitrogens with zero attached hydrogens (tertiary/aromatic N) is 3. The number of carbonyl (C=O) groups excluding carboxylic acids is 1. The van der Waals surface area contributed by atoms with Gasteiger partial charge in [-0.25, -0.2) is 8.42 Å². The Hall–Kier alpha value is -2.62. The SMILES string of the molecule is Cc1cc(C(=O)N(C)C)ccc1N(CC(C)C)S(=O)(=O)c1ccc(N2CCOCC2)c(CO)c1. The van der Waals surface area contributed by atoms with Crippen molar-refractivity contribution < 1.29 is 23.1 Å². The largest absolute Gasteiger partial charge is 0.392 e. The van der Waals surface area contributed by atoms with E-state index in [-0.39, 0.29) is 29.9 Å². The van der Waals surface area contributed by atoms with Crippen molar-refractivity contribution in [2.24, 2.45) is 5.92 Å². The van der Waals surface area contributed by atoms with Crippen LogP contribution in [0.1, 0.15) is 35.3 Å². The first-order valence-electron chi connectivity index (χ1n) is 11.5. The van der Waals surface area contributed by atoms with Gasteiger partial charge < -0.3 is 19.6 Å². The second-order valence-corrected chi connectivity index (χ2v) is 11.0. The van der Waals surface area contributed by atoms with Crippen LogP contribution in [0.25, 0.3) is 0 Å². The number of aliphatic hydroxyl groups is 1. The number of aliphatic hydroxyl groups excluding tert-OH is 1. The highest BCUT2D eigenvalue weighted by molar-refractivity contribution is 7.92. The molecule has 0 saturated carbocycles. The van der Waals surface area contributed by atoms with Crippen molar-refractivity contribution in [2.45, 2.75) is 32.3 Å². The molecule has 3 rings (SSSR count). The van der Waals surface area contributed by atoms with Crippen molar-refractivity contribution in [3.63, 3.8) is 0 Å². The zero-order chi connectivity index (χ0) is 25.0. The van der Waals surface area contributed by atoms with E-state index < -0.39 is 10.0 Å². The number of benzene rings is 2. The smallest absolute Gasteiger partial charge is 0.264 e. The molecule has 1 aliphatic heterocycles. The summed E-state index contributed by atoms with van der Waals surface area (Å²) < 4.78 is 34.5. The van der Waals surface area contributed by atoms with Gasteiger partial charge in [-0.1, -0.05) is 13.8 Å². The van der Waals surface area contributed by atoms with Crippen molar-refractivity contribution >= 4 is 27.3 Å². The first-order chi connectivity index (χ1) is 16.1. The van der Waals surface area contributed by atoms with Crippen LogP contribution in [0.5, 0.6) is 0 Å². The maximum Gasteiger partial charge on any atom is 0.264 e. The van der Waals surface area contributed by atoms with E-state index >= 15 is 0 Å². The highest BCUT2D eigenvalue weighted by atomic mass is 32.2. The highest BCUT2D eigenvalue weighted by Crippen LogP contribution is 2.32. The first-order valence-corrected chi connectivity index (χ1v) is 12.9. The Labute approximate surface area is 202 Å². The molecular weight excluding hydrogens is 454 g/mol. The van der Waals surface area contributed by atoms with Crippen LogP contribution in [0.2, 0.25) is 0 Å². The van der Waals surface area contributed by atoms with E-state index in [4.69, 9.17) is 4.74 Å². The fourth-order valence-electron chi connectivity index (χ4n) is 4.07. The average Bonchev–Trinajstić information content (AvgIpc) is 2.82. The second kappa shape index (κ2) is 10.8.